The minimum absolute atomic E-state index is 0.186. The smallest absolute Gasteiger partial charge is 0.251 e. The number of rotatable bonds is 5. The van der Waals surface area contributed by atoms with Gasteiger partial charge in [0.2, 0.25) is 0 Å². The van der Waals surface area contributed by atoms with Crippen molar-refractivity contribution in [2.45, 2.75) is 13.0 Å². The maximum Gasteiger partial charge on any atom is 0.251 e. The number of fused-ring (bicyclic) bond motifs is 2. The summed E-state index contributed by atoms with van der Waals surface area (Å²) >= 11 is 6.61. The van der Waals surface area contributed by atoms with E-state index in [9.17, 15) is 9.18 Å². The first-order valence-electron chi connectivity index (χ1n) is 10.3. The normalized spacial score (nSPS) is 12.1. The summed E-state index contributed by atoms with van der Waals surface area (Å²) < 4.78 is 14.6. The van der Waals surface area contributed by atoms with E-state index in [2.05, 4.69) is 40.8 Å². The van der Waals surface area contributed by atoms with E-state index in [1.807, 2.05) is 6.92 Å². The second-order valence-electron chi connectivity index (χ2n) is 7.61. The van der Waals surface area contributed by atoms with Crippen molar-refractivity contribution in [1.82, 2.24) is 35.5 Å². The maximum absolute atomic E-state index is 14.6. The molecular formula is C23H18ClFN8O. The molecule has 0 aliphatic rings. The van der Waals surface area contributed by atoms with E-state index in [4.69, 9.17) is 11.6 Å². The van der Waals surface area contributed by atoms with E-state index >= 15 is 0 Å². The molecule has 11 heteroatoms. The van der Waals surface area contributed by atoms with Crippen LogP contribution in [0.4, 0.5) is 10.2 Å². The molecular weight excluding hydrogens is 459 g/mol. The van der Waals surface area contributed by atoms with Crippen molar-refractivity contribution < 1.29 is 9.18 Å². The van der Waals surface area contributed by atoms with Gasteiger partial charge in [-0.05, 0) is 48.4 Å². The molecule has 3 N–H and O–H groups in total. The molecule has 0 aliphatic heterocycles. The molecule has 1 unspecified atom stereocenters. The summed E-state index contributed by atoms with van der Waals surface area (Å²) in [5.74, 6) is -0.410. The Morgan fingerprint density at radius 1 is 1.18 bits per heavy atom. The summed E-state index contributed by atoms with van der Waals surface area (Å²) in [6, 6.07) is 7.35. The Morgan fingerprint density at radius 3 is 2.85 bits per heavy atom. The quantitative estimate of drug-likeness (QED) is 0.346. The number of nitrogens with zero attached hydrogens (tertiary/aromatic N) is 5. The summed E-state index contributed by atoms with van der Waals surface area (Å²) in [7, 11) is 1.49. The minimum atomic E-state index is -0.551. The largest absolute Gasteiger partial charge is 0.362 e. The molecule has 9 nitrogen and oxygen atoms in total. The van der Waals surface area contributed by atoms with E-state index in [0.29, 0.717) is 44.0 Å². The zero-order valence-corrected chi connectivity index (χ0v) is 18.9. The Morgan fingerprint density at radius 2 is 2.03 bits per heavy atom. The highest BCUT2D eigenvalue weighted by atomic mass is 35.5. The van der Waals surface area contributed by atoms with Gasteiger partial charge in [-0.15, -0.1) is 5.10 Å². The van der Waals surface area contributed by atoms with Gasteiger partial charge in [0.05, 0.1) is 23.6 Å². The maximum atomic E-state index is 14.6. The van der Waals surface area contributed by atoms with Crippen LogP contribution in [0.5, 0.6) is 0 Å². The molecule has 3 aromatic heterocycles. The Kier molecular flexibility index (Phi) is 5.50. The van der Waals surface area contributed by atoms with Crippen LogP contribution in [0.1, 0.15) is 28.9 Å². The van der Waals surface area contributed by atoms with Crippen molar-refractivity contribution in [3.8, 4) is 11.1 Å². The predicted molar refractivity (Wildman–Crippen MR) is 127 cm³/mol. The number of amides is 1. The van der Waals surface area contributed by atoms with Crippen LogP contribution in [-0.2, 0) is 0 Å². The van der Waals surface area contributed by atoms with Gasteiger partial charge < -0.3 is 15.6 Å². The molecule has 0 saturated heterocycles. The Labute approximate surface area is 197 Å². The molecule has 0 fully saturated rings. The molecule has 0 aliphatic carbocycles. The van der Waals surface area contributed by atoms with E-state index in [1.54, 1.807) is 18.2 Å². The number of halogens is 2. The lowest BCUT2D eigenvalue weighted by molar-refractivity contribution is 0.0962. The summed E-state index contributed by atoms with van der Waals surface area (Å²) in [4.78, 5) is 27.9. The van der Waals surface area contributed by atoms with Gasteiger partial charge in [-0.3, -0.25) is 4.79 Å². The average molecular weight is 477 g/mol. The number of aromatic nitrogens is 6. The van der Waals surface area contributed by atoms with E-state index in [1.165, 1.54) is 38.0 Å². The summed E-state index contributed by atoms with van der Waals surface area (Å²) in [5.41, 5.74) is 3.64. The molecule has 0 saturated carbocycles. The van der Waals surface area contributed by atoms with E-state index < -0.39 is 11.7 Å². The average Bonchev–Trinajstić information content (AvgIpc) is 3.33. The first kappa shape index (κ1) is 21.7. The summed E-state index contributed by atoms with van der Waals surface area (Å²) in [6.45, 7) is 1.92. The number of benzene rings is 2. The molecule has 0 radical (unpaired) electrons. The molecule has 1 atom stereocenters. The van der Waals surface area contributed by atoms with Crippen LogP contribution in [0.2, 0.25) is 5.02 Å². The SMILES string of the molecule is CNC(=O)c1cc(F)cc(-c2c(C(C)Nc3ncnc4nc[nH]c34)cc(Cl)c3ccnnc23)c1. The third kappa shape index (κ3) is 3.77. The number of hydrogen-bond donors (Lipinski definition) is 3. The summed E-state index contributed by atoms with van der Waals surface area (Å²) in [5, 5.41) is 15.3. The van der Waals surface area contributed by atoms with Crippen molar-refractivity contribution >= 4 is 45.4 Å². The monoisotopic (exact) mass is 476 g/mol. The minimum Gasteiger partial charge on any atom is -0.362 e. The van der Waals surface area contributed by atoms with Crippen LogP contribution in [0, 0.1) is 5.82 Å². The number of carbonyl (C=O) groups excluding carboxylic acids is 1. The van der Waals surface area contributed by atoms with Gasteiger partial charge in [-0.1, -0.05) is 11.6 Å². The highest BCUT2D eigenvalue weighted by molar-refractivity contribution is 6.36. The number of nitrogens with one attached hydrogen (secondary N) is 3. The standard InChI is InChI=1S/C23H18ClFN8O/c1-11(32-22-20-21(28-9-27-20)29-10-30-22)16-8-17(24)15-3-4-31-33-19(15)18(16)12-5-13(23(34)26-2)7-14(25)6-12/h3-11H,1-2H3,(H,26,34)(H2,27,28,29,30,32). The van der Waals surface area contributed by atoms with Crippen LogP contribution >= 0.6 is 11.6 Å². The topological polar surface area (TPSA) is 121 Å². The Bertz CT molecular complexity index is 1550. The van der Waals surface area contributed by atoms with Crippen molar-refractivity contribution in [3.63, 3.8) is 0 Å². The van der Waals surface area contributed by atoms with Gasteiger partial charge in [0.25, 0.3) is 5.91 Å². The molecule has 0 spiro atoms. The molecule has 5 aromatic rings. The fraction of sp³-hybridized carbons (Fsp3) is 0.130. The van der Waals surface area contributed by atoms with Gasteiger partial charge in [0, 0.05) is 23.6 Å². The fourth-order valence-corrected chi connectivity index (χ4v) is 4.21. The number of imidazole rings is 1. The first-order chi connectivity index (χ1) is 16.5. The van der Waals surface area contributed by atoms with Gasteiger partial charge in [0.15, 0.2) is 11.5 Å². The van der Waals surface area contributed by atoms with Crippen LogP contribution in [-0.4, -0.2) is 43.1 Å². The van der Waals surface area contributed by atoms with Crippen LogP contribution in [0.25, 0.3) is 33.2 Å². The summed E-state index contributed by atoms with van der Waals surface area (Å²) in [6.07, 6.45) is 4.49. The predicted octanol–water partition coefficient (Wildman–Crippen LogP) is 4.29. The highest BCUT2D eigenvalue weighted by Crippen LogP contribution is 2.39. The third-order valence-electron chi connectivity index (χ3n) is 5.50. The van der Waals surface area contributed by atoms with Gasteiger partial charge in [-0.25, -0.2) is 19.3 Å². The molecule has 1 amide bonds. The fourth-order valence-electron chi connectivity index (χ4n) is 3.94. The number of aromatic amines is 1. The molecule has 34 heavy (non-hydrogen) atoms. The molecule has 3 heterocycles. The molecule has 2 aromatic carbocycles. The van der Waals surface area contributed by atoms with Crippen molar-refractivity contribution in [1.29, 1.82) is 0 Å². The van der Waals surface area contributed by atoms with E-state index in [0.717, 1.165) is 5.56 Å². The lowest BCUT2D eigenvalue weighted by Crippen LogP contribution is -2.18. The van der Waals surface area contributed by atoms with Crippen molar-refractivity contribution in [2.24, 2.45) is 0 Å². The molecule has 0 bridgehead atoms. The number of carbonyl (C=O) groups is 1. The highest BCUT2D eigenvalue weighted by Gasteiger charge is 2.22. The molecule has 170 valence electrons. The zero-order valence-electron chi connectivity index (χ0n) is 18.1. The second-order valence-corrected chi connectivity index (χ2v) is 8.02. The van der Waals surface area contributed by atoms with Gasteiger partial charge in [-0.2, -0.15) is 5.10 Å². The zero-order chi connectivity index (χ0) is 23.8. The van der Waals surface area contributed by atoms with Gasteiger partial charge in [0.1, 0.15) is 23.2 Å². The number of hydrogen-bond acceptors (Lipinski definition) is 7. The van der Waals surface area contributed by atoms with Crippen LogP contribution in [0.3, 0.4) is 0 Å². The lowest BCUT2D eigenvalue weighted by atomic mass is 9.91. The Hall–Kier alpha value is -4.18. The van der Waals surface area contributed by atoms with Crippen LogP contribution in [0.15, 0.2) is 49.2 Å². The van der Waals surface area contributed by atoms with Crippen molar-refractivity contribution in [3.05, 3.63) is 71.2 Å². The van der Waals surface area contributed by atoms with Crippen LogP contribution < -0.4 is 10.6 Å². The Balaban J connectivity index is 1.71. The third-order valence-corrected chi connectivity index (χ3v) is 5.82. The van der Waals surface area contributed by atoms with Gasteiger partial charge >= 0.3 is 0 Å². The first-order valence-corrected chi connectivity index (χ1v) is 10.7. The van der Waals surface area contributed by atoms with Crippen molar-refractivity contribution in [2.75, 3.05) is 12.4 Å². The van der Waals surface area contributed by atoms with E-state index in [-0.39, 0.29) is 11.6 Å². The number of H-pyrrole nitrogens is 1. The lowest BCUT2D eigenvalue weighted by Gasteiger charge is -2.21. The second kappa shape index (κ2) is 8.64. The number of anilines is 1. The molecule has 5 rings (SSSR count).